The van der Waals surface area contributed by atoms with Crippen molar-refractivity contribution in [1.29, 1.82) is 0 Å². The molecule has 2 amide bonds. The van der Waals surface area contributed by atoms with Crippen LogP contribution < -0.4 is 10.6 Å². The van der Waals surface area contributed by atoms with Gasteiger partial charge in [-0.3, -0.25) is 14.4 Å². The van der Waals surface area contributed by atoms with Gasteiger partial charge in [0.1, 0.15) is 12.3 Å². The minimum Gasteiger partial charge on any atom is -0.375 e. The number of nitrogens with one attached hydrogen (secondary N) is 3. The fourth-order valence-electron chi connectivity index (χ4n) is 2.70. The predicted molar refractivity (Wildman–Crippen MR) is 95.2 cm³/mol. The number of rotatable bonds is 6. The lowest BCUT2D eigenvalue weighted by molar-refractivity contribution is -0.119. The molecule has 1 aromatic heterocycles. The Morgan fingerprint density at radius 3 is 2.32 bits per heavy atom. The second-order valence-electron chi connectivity index (χ2n) is 5.70. The molecule has 25 heavy (non-hydrogen) atoms. The van der Waals surface area contributed by atoms with Crippen LogP contribution in [0.3, 0.4) is 0 Å². The number of amides is 2. The predicted octanol–water partition coefficient (Wildman–Crippen LogP) is 2.67. The number of anilines is 2. The van der Waals surface area contributed by atoms with E-state index in [1.807, 2.05) is 0 Å². The topological polar surface area (TPSA) is 100 Å². The first-order chi connectivity index (χ1) is 11.8. The van der Waals surface area contributed by atoms with Crippen molar-refractivity contribution in [3.63, 3.8) is 0 Å². The van der Waals surface area contributed by atoms with Crippen LogP contribution in [0.25, 0.3) is 0 Å². The Labute approximate surface area is 145 Å². The van der Waals surface area contributed by atoms with E-state index < -0.39 is 0 Å². The molecule has 0 radical (unpaired) electrons. The van der Waals surface area contributed by atoms with Crippen LogP contribution >= 0.6 is 0 Å². The number of benzene rings is 1. The second-order valence-corrected chi connectivity index (χ2v) is 5.70. The van der Waals surface area contributed by atoms with E-state index in [9.17, 15) is 14.4 Å². The summed E-state index contributed by atoms with van der Waals surface area (Å²) in [6.45, 7) is 4.91. The summed E-state index contributed by atoms with van der Waals surface area (Å²) in [6.07, 6.45) is 0. The highest BCUT2D eigenvalue weighted by Crippen LogP contribution is 2.21. The molecule has 0 aliphatic heterocycles. The summed E-state index contributed by atoms with van der Waals surface area (Å²) >= 11 is 0. The molecular weight excluding hydrogens is 322 g/mol. The molecule has 0 saturated carbocycles. The van der Waals surface area contributed by atoms with Crippen molar-refractivity contribution in [3.8, 4) is 0 Å². The Balaban J connectivity index is 2.17. The monoisotopic (exact) mass is 343 g/mol. The summed E-state index contributed by atoms with van der Waals surface area (Å²) in [5.74, 6) is -0.727. The van der Waals surface area contributed by atoms with Crippen molar-refractivity contribution < 1.29 is 19.1 Å². The number of aryl methyl sites for hydroxylation is 1. The van der Waals surface area contributed by atoms with Gasteiger partial charge in [-0.25, -0.2) is 0 Å². The largest absolute Gasteiger partial charge is 0.375 e. The van der Waals surface area contributed by atoms with Gasteiger partial charge in [-0.1, -0.05) is 6.07 Å². The molecule has 3 N–H and O–H groups in total. The van der Waals surface area contributed by atoms with E-state index >= 15 is 0 Å². The molecule has 0 unspecified atom stereocenters. The lowest BCUT2D eigenvalue weighted by Crippen LogP contribution is -2.17. The zero-order valence-electron chi connectivity index (χ0n) is 14.6. The fourth-order valence-corrected chi connectivity index (χ4v) is 2.70. The van der Waals surface area contributed by atoms with Crippen molar-refractivity contribution in [3.05, 3.63) is 46.8 Å². The molecular formula is C18H21N3O4. The van der Waals surface area contributed by atoms with Gasteiger partial charge >= 0.3 is 0 Å². The highest BCUT2D eigenvalue weighted by molar-refractivity contribution is 6.07. The number of carbonyl (C=O) groups excluding carboxylic acids is 3. The molecule has 2 rings (SSSR count). The van der Waals surface area contributed by atoms with Crippen LogP contribution in [0.4, 0.5) is 11.4 Å². The maximum atomic E-state index is 12.5. The van der Waals surface area contributed by atoms with Crippen molar-refractivity contribution in [2.24, 2.45) is 0 Å². The number of carbonyl (C=O) groups is 3. The van der Waals surface area contributed by atoms with Gasteiger partial charge in [0, 0.05) is 29.7 Å². The zero-order chi connectivity index (χ0) is 18.6. The minimum absolute atomic E-state index is 0.0502. The molecule has 0 atom stereocenters. The van der Waals surface area contributed by atoms with Crippen LogP contribution in [0, 0.1) is 13.8 Å². The number of ketones is 1. The second kappa shape index (κ2) is 7.76. The number of aromatic nitrogens is 1. The Morgan fingerprint density at radius 1 is 1.12 bits per heavy atom. The molecule has 0 spiro atoms. The van der Waals surface area contributed by atoms with Gasteiger partial charge in [0.25, 0.3) is 5.91 Å². The highest BCUT2D eigenvalue weighted by Gasteiger charge is 2.19. The number of Topliss-reactive ketones (excluding diaryl/α,β-unsaturated/α-hetero) is 1. The van der Waals surface area contributed by atoms with E-state index in [0.29, 0.717) is 33.9 Å². The van der Waals surface area contributed by atoms with E-state index in [1.54, 1.807) is 38.1 Å². The van der Waals surface area contributed by atoms with Gasteiger partial charge in [-0.15, -0.1) is 0 Å². The van der Waals surface area contributed by atoms with Gasteiger partial charge in [0.2, 0.25) is 5.91 Å². The van der Waals surface area contributed by atoms with E-state index in [-0.39, 0.29) is 24.2 Å². The van der Waals surface area contributed by atoms with Crippen molar-refractivity contribution in [2.45, 2.75) is 20.8 Å². The summed E-state index contributed by atoms with van der Waals surface area (Å²) in [4.78, 5) is 38.7. The van der Waals surface area contributed by atoms with Gasteiger partial charge in [0.15, 0.2) is 5.78 Å². The van der Waals surface area contributed by atoms with Crippen LogP contribution in [0.1, 0.15) is 39.0 Å². The standard InChI is InChI=1S/C18H21N3O4/c1-10-16(12(3)22)11(2)19-17(10)18(24)21-14-7-5-6-13(8-14)20-15(23)9-25-4/h5-8,19H,9H2,1-4H3,(H,20,23)(H,21,24). The van der Waals surface area contributed by atoms with Gasteiger partial charge in [-0.05, 0) is 44.5 Å². The number of H-pyrrole nitrogens is 1. The van der Waals surface area contributed by atoms with E-state index in [4.69, 9.17) is 4.74 Å². The smallest absolute Gasteiger partial charge is 0.272 e. The van der Waals surface area contributed by atoms with Crippen LogP contribution in [-0.4, -0.2) is 36.3 Å². The van der Waals surface area contributed by atoms with Crippen LogP contribution in [0.15, 0.2) is 24.3 Å². The zero-order valence-corrected chi connectivity index (χ0v) is 14.6. The maximum absolute atomic E-state index is 12.5. The summed E-state index contributed by atoms with van der Waals surface area (Å²) in [5.41, 5.74) is 3.23. The minimum atomic E-state index is -0.353. The van der Waals surface area contributed by atoms with Crippen LogP contribution in [0.2, 0.25) is 0 Å². The first-order valence-corrected chi connectivity index (χ1v) is 7.73. The number of ether oxygens (including phenoxy) is 1. The fraction of sp³-hybridized carbons (Fsp3) is 0.278. The van der Waals surface area contributed by atoms with E-state index in [1.165, 1.54) is 14.0 Å². The van der Waals surface area contributed by atoms with Gasteiger partial charge in [0.05, 0.1) is 0 Å². The number of hydrogen-bond donors (Lipinski definition) is 3. The summed E-state index contributed by atoms with van der Waals surface area (Å²) in [6, 6.07) is 6.77. The molecule has 0 aliphatic rings. The Hall–Kier alpha value is -2.93. The summed E-state index contributed by atoms with van der Waals surface area (Å²) in [5, 5.41) is 5.43. The lowest BCUT2D eigenvalue weighted by atomic mass is 10.1. The molecule has 0 fully saturated rings. The summed E-state index contributed by atoms with van der Waals surface area (Å²) in [7, 11) is 1.44. The number of hydrogen-bond acceptors (Lipinski definition) is 4. The van der Waals surface area contributed by atoms with E-state index in [0.717, 1.165) is 0 Å². The number of aromatic amines is 1. The summed E-state index contributed by atoms with van der Waals surface area (Å²) < 4.78 is 4.76. The molecule has 0 bridgehead atoms. The average molecular weight is 343 g/mol. The maximum Gasteiger partial charge on any atom is 0.272 e. The quantitative estimate of drug-likeness (QED) is 0.702. The Kier molecular flexibility index (Phi) is 5.71. The van der Waals surface area contributed by atoms with E-state index in [2.05, 4.69) is 15.6 Å². The first-order valence-electron chi connectivity index (χ1n) is 7.73. The van der Waals surface area contributed by atoms with Crippen LogP contribution in [-0.2, 0) is 9.53 Å². The average Bonchev–Trinajstić information content (AvgIpc) is 2.82. The Bertz CT molecular complexity index is 824. The third-order valence-electron chi connectivity index (χ3n) is 3.70. The molecule has 7 heteroatoms. The lowest BCUT2D eigenvalue weighted by Gasteiger charge is -2.08. The molecule has 7 nitrogen and oxygen atoms in total. The van der Waals surface area contributed by atoms with Crippen molar-refractivity contribution in [1.82, 2.24) is 4.98 Å². The third-order valence-corrected chi connectivity index (χ3v) is 3.70. The number of methoxy groups -OCH3 is 1. The van der Waals surface area contributed by atoms with Crippen molar-refractivity contribution in [2.75, 3.05) is 24.4 Å². The first kappa shape index (κ1) is 18.4. The molecule has 1 aromatic carbocycles. The molecule has 0 aliphatic carbocycles. The van der Waals surface area contributed by atoms with Crippen molar-refractivity contribution >= 4 is 29.0 Å². The molecule has 1 heterocycles. The van der Waals surface area contributed by atoms with Crippen LogP contribution in [0.5, 0.6) is 0 Å². The highest BCUT2D eigenvalue weighted by atomic mass is 16.5. The SMILES string of the molecule is COCC(=O)Nc1cccc(NC(=O)c2[nH]c(C)c(C(C)=O)c2C)c1. The molecule has 2 aromatic rings. The Morgan fingerprint density at radius 2 is 1.76 bits per heavy atom. The van der Waals surface area contributed by atoms with Gasteiger partial charge in [-0.2, -0.15) is 0 Å². The third kappa shape index (κ3) is 4.33. The molecule has 132 valence electrons. The van der Waals surface area contributed by atoms with Gasteiger partial charge < -0.3 is 20.4 Å². The normalized spacial score (nSPS) is 10.4. The molecule has 0 saturated heterocycles.